The summed E-state index contributed by atoms with van der Waals surface area (Å²) >= 11 is 0. The van der Waals surface area contributed by atoms with Gasteiger partial charge in [-0.15, -0.1) is 0 Å². The van der Waals surface area contributed by atoms with Gasteiger partial charge < -0.3 is 14.2 Å². The Morgan fingerprint density at radius 2 is 2.16 bits per heavy atom. The summed E-state index contributed by atoms with van der Waals surface area (Å²) in [5, 5.41) is 4.52. The van der Waals surface area contributed by atoms with Crippen LogP contribution >= 0.6 is 0 Å². The van der Waals surface area contributed by atoms with Gasteiger partial charge in [0.1, 0.15) is 11.5 Å². The van der Waals surface area contributed by atoms with Crippen molar-refractivity contribution in [1.29, 1.82) is 0 Å². The average molecular weight is 445 g/mol. The van der Waals surface area contributed by atoms with Gasteiger partial charge in [-0.05, 0) is 18.9 Å². The highest BCUT2D eigenvalue weighted by Gasteiger charge is 2.24. The first-order valence-electron chi connectivity index (χ1n) is 9.96. The lowest BCUT2D eigenvalue weighted by atomic mass is 10.1. The second-order valence-corrected chi connectivity index (χ2v) is 9.45. The third kappa shape index (κ3) is 5.69. The summed E-state index contributed by atoms with van der Waals surface area (Å²) < 4.78 is 30.3. The van der Waals surface area contributed by atoms with E-state index < -0.39 is 15.3 Å². The number of carbonyl (C=O) groups excluding carboxylic acids is 1. The molecule has 0 saturated carbocycles. The second-order valence-electron chi connectivity index (χ2n) is 7.67. The third-order valence-corrected chi connectivity index (χ3v) is 6.34. The van der Waals surface area contributed by atoms with E-state index >= 15 is 0 Å². The molecule has 1 aliphatic carbocycles. The fraction of sp³-hybridized carbons (Fsp3) is 0.364. The van der Waals surface area contributed by atoms with Crippen LogP contribution in [0.5, 0.6) is 0 Å². The summed E-state index contributed by atoms with van der Waals surface area (Å²) in [6.07, 6.45) is 7.08. The van der Waals surface area contributed by atoms with Crippen LogP contribution < -0.4 is 5.14 Å². The Morgan fingerprint density at radius 1 is 1.39 bits per heavy atom. The molecule has 9 heteroatoms. The molecule has 2 N–H and O–H groups in total. The number of hydrogen-bond acceptors (Lipinski definition) is 5. The smallest absolute Gasteiger partial charge is 0.273 e. The predicted molar refractivity (Wildman–Crippen MR) is 120 cm³/mol. The molecule has 8 nitrogen and oxygen atoms in total. The molecule has 1 unspecified atom stereocenters. The minimum atomic E-state index is -3.65. The maximum absolute atomic E-state index is 12.9. The van der Waals surface area contributed by atoms with Crippen LogP contribution in [0, 0.1) is 6.92 Å². The molecular weight excluding hydrogens is 416 g/mol. The van der Waals surface area contributed by atoms with Crippen molar-refractivity contribution in [3.63, 3.8) is 0 Å². The molecule has 1 aliphatic rings. The van der Waals surface area contributed by atoms with E-state index in [9.17, 15) is 13.2 Å². The molecule has 1 aromatic heterocycles. The van der Waals surface area contributed by atoms with E-state index in [4.69, 9.17) is 9.88 Å². The van der Waals surface area contributed by atoms with E-state index in [0.29, 0.717) is 31.2 Å². The molecule has 1 aromatic carbocycles. The Bertz CT molecular complexity index is 1120. The first-order valence-corrected chi connectivity index (χ1v) is 11.6. The first kappa shape index (κ1) is 22.9. The van der Waals surface area contributed by atoms with Gasteiger partial charge in [-0.1, -0.05) is 48.1 Å². The monoisotopic (exact) mass is 444 g/mol. The van der Waals surface area contributed by atoms with Crippen LogP contribution in [-0.4, -0.2) is 61.3 Å². The number of nitrogens with two attached hydrogens (primary N) is 1. The maximum Gasteiger partial charge on any atom is 0.273 e. The summed E-state index contributed by atoms with van der Waals surface area (Å²) in [5.74, 6) is 0.401. The standard InChI is InChI=1S/C22H28N4O4S/c1-16-5-4-6-17(13-16)14-26-15-20(22(27)25(2)11-12-30-3)24-21(26)18-7-9-19(10-8-18)31(23,28)29/h4-9,13,15,19H,10-12,14H2,1-3H3,(H2,23,28,29). The van der Waals surface area contributed by atoms with Crippen molar-refractivity contribution in [2.45, 2.75) is 25.1 Å². The van der Waals surface area contributed by atoms with Gasteiger partial charge in [-0.25, -0.2) is 18.5 Å². The van der Waals surface area contributed by atoms with Gasteiger partial charge in [0.15, 0.2) is 0 Å². The Balaban J connectivity index is 1.94. The molecular formula is C22H28N4O4S. The number of aryl methyl sites for hydroxylation is 1. The molecule has 2 aromatic rings. The van der Waals surface area contributed by atoms with Crippen molar-refractivity contribution in [2.24, 2.45) is 5.14 Å². The number of allylic oxidation sites excluding steroid dienone is 3. The Kier molecular flexibility index (Phi) is 7.09. The van der Waals surface area contributed by atoms with Crippen LogP contribution in [0.4, 0.5) is 0 Å². The van der Waals surface area contributed by atoms with E-state index in [1.807, 2.05) is 29.7 Å². The summed E-state index contributed by atoms with van der Waals surface area (Å²) in [4.78, 5) is 19.0. The summed E-state index contributed by atoms with van der Waals surface area (Å²) in [6.45, 7) is 3.44. The molecule has 3 rings (SSSR count). The van der Waals surface area contributed by atoms with E-state index in [-0.39, 0.29) is 12.3 Å². The average Bonchev–Trinajstić information content (AvgIpc) is 3.14. The number of hydrogen-bond donors (Lipinski definition) is 1. The highest BCUT2D eigenvalue weighted by atomic mass is 32.2. The van der Waals surface area contributed by atoms with Crippen LogP contribution in [0.3, 0.4) is 0 Å². The molecule has 0 saturated heterocycles. The number of benzene rings is 1. The number of amides is 1. The molecule has 0 spiro atoms. The number of likely N-dealkylation sites (N-methyl/N-ethyl adjacent to an activating group) is 1. The molecule has 0 fully saturated rings. The minimum Gasteiger partial charge on any atom is -0.383 e. The van der Waals surface area contributed by atoms with Crippen molar-refractivity contribution in [3.8, 4) is 0 Å². The van der Waals surface area contributed by atoms with Gasteiger partial charge in [0, 0.05) is 39.0 Å². The lowest BCUT2D eigenvalue weighted by molar-refractivity contribution is 0.0739. The lowest BCUT2D eigenvalue weighted by Gasteiger charge is -2.15. The molecule has 1 amide bonds. The first-order chi connectivity index (χ1) is 14.7. The number of primary sulfonamides is 1. The SMILES string of the molecule is COCCN(C)C(=O)c1cn(Cc2cccc(C)c2)c(C2=CCC(S(N)(=O)=O)C=C2)n1. The highest BCUT2D eigenvalue weighted by molar-refractivity contribution is 7.89. The molecule has 1 atom stereocenters. The van der Waals surface area contributed by atoms with Crippen molar-refractivity contribution < 1.29 is 17.9 Å². The Morgan fingerprint density at radius 3 is 2.77 bits per heavy atom. The molecule has 0 radical (unpaired) electrons. The lowest BCUT2D eigenvalue weighted by Crippen LogP contribution is -2.30. The molecule has 0 aliphatic heterocycles. The summed E-state index contributed by atoms with van der Waals surface area (Å²) in [6, 6.07) is 8.11. The topological polar surface area (TPSA) is 108 Å². The molecule has 0 bridgehead atoms. The number of imidazole rings is 1. The van der Waals surface area contributed by atoms with Gasteiger partial charge in [-0.2, -0.15) is 0 Å². The fourth-order valence-electron chi connectivity index (χ4n) is 3.41. The van der Waals surface area contributed by atoms with E-state index in [1.54, 1.807) is 43.5 Å². The number of rotatable bonds is 8. The van der Waals surface area contributed by atoms with Crippen molar-refractivity contribution in [3.05, 3.63) is 71.3 Å². The predicted octanol–water partition coefficient (Wildman–Crippen LogP) is 1.96. The van der Waals surface area contributed by atoms with E-state index in [0.717, 1.165) is 16.7 Å². The van der Waals surface area contributed by atoms with Gasteiger partial charge in [0.2, 0.25) is 10.0 Å². The largest absolute Gasteiger partial charge is 0.383 e. The summed E-state index contributed by atoms with van der Waals surface area (Å²) in [5.41, 5.74) is 3.30. The van der Waals surface area contributed by atoms with Crippen LogP contribution in [0.15, 0.2) is 48.7 Å². The number of methoxy groups -OCH3 is 1. The Labute approximate surface area is 183 Å². The van der Waals surface area contributed by atoms with Crippen molar-refractivity contribution in [1.82, 2.24) is 14.5 Å². The number of nitrogens with zero attached hydrogens (tertiary/aromatic N) is 3. The highest BCUT2D eigenvalue weighted by Crippen LogP contribution is 2.25. The van der Waals surface area contributed by atoms with Gasteiger partial charge in [0.25, 0.3) is 5.91 Å². The van der Waals surface area contributed by atoms with E-state index in [1.165, 1.54) is 0 Å². The van der Waals surface area contributed by atoms with Crippen LogP contribution in [-0.2, 0) is 21.3 Å². The zero-order chi connectivity index (χ0) is 22.6. The van der Waals surface area contributed by atoms with Gasteiger partial charge >= 0.3 is 0 Å². The quantitative estimate of drug-likeness (QED) is 0.670. The van der Waals surface area contributed by atoms with E-state index in [2.05, 4.69) is 11.1 Å². The van der Waals surface area contributed by atoms with Crippen molar-refractivity contribution in [2.75, 3.05) is 27.3 Å². The van der Waals surface area contributed by atoms with Crippen LogP contribution in [0.25, 0.3) is 5.57 Å². The number of ether oxygens (including phenoxy) is 1. The fourth-order valence-corrected chi connectivity index (χ4v) is 4.07. The number of sulfonamides is 1. The normalized spacial score (nSPS) is 16.3. The Hall–Kier alpha value is -2.75. The second kappa shape index (κ2) is 9.59. The van der Waals surface area contributed by atoms with Crippen LogP contribution in [0.2, 0.25) is 0 Å². The van der Waals surface area contributed by atoms with Crippen molar-refractivity contribution >= 4 is 21.5 Å². The molecule has 166 valence electrons. The van der Waals surface area contributed by atoms with Crippen LogP contribution in [0.1, 0.15) is 33.9 Å². The molecule has 31 heavy (non-hydrogen) atoms. The minimum absolute atomic E-state index is 0.205. The van der Waals surface area contributed by atoms with Gasteiger partial charge in [0.05, 0.1) is 11.9 Å². The molecule has 1 heterocycles. The van der Waals surface area contributed by atoms with Gasteiger partial charge in [-0.3, -0.25) is 4.79 Å². The number of carbonyl (C=O) groups is 1. The maximum atomic E-state index is 12.9. The zero-order valence-electron chi connectivity index (χ0n) is 18.0. The summed E-state index contributed by atoms with van der Waals surface area (Å²) in [7, 11) is -0.362. The zero-order valence-corrected chi connectivity index (χ0v) is 18.8. The number of aromatic nitrogens is 2. The third-order valence-electron chi connectivity index (χ3n) is 5.15.